The maximum absolute atomic E-state index is 12.8. The molecule has 2 aliphatic carbocycles. The number of hydrogen-bond acceptors (Lipinski definition) is 3. The molecule has 0 spiro atoms. The summed E-state index contributed by atoms with van der Waals surface area (Å²) in [7, 11) is 0. The largest absolute Gasteiger partial charge is 0.550 e. The highest BCUT2D eigenvalue weighted by atomic mass is 16.4. The molecule has 4 heteroatoms. The van der Waals surface area contributed by atoms with Crippen LogP contribution in [-0.2, 0) is 22.4 Å². The number of allylic oxidation sites excluding steroid dienone is 2. The Labute approximate surface area is 136 Å². The molecule has 0 aliphatic heterocycles. The Morgan fingerprint density at radius 1 is 1.09 bits per heavy atom. The molecule has 23 heavy (non-hydrogen) atoms. The van der Waals surface area contributed by atoms with Gasteiger partial charge in [0.2, 0.25) is 5.91 Å². The number of hydrogen-bond donors (Lipinski definition) is 1. The third kappa shape index (κ3) is 2.67. The number of carbonyl (C=O) groups excluding carboxylic acids is 2. The molecule has 3 rings (SSSR count). The smallest absolute Gasteiger partial charge is 0.228 e. The number of fused-ring (bicyclic) bond motifs is 2. The topological polar surface area (TPSA) is 69.2 Å². The molecule has 4 atom stereocenters. The summed E-state index contributed by atoms with van der Waals surface area (Å²) in [5.74, 6) is -2.57. The van der Waals surface area contributed by atoms with Gasteiger partial charge >= 0.3 is 0 Å². The summed E-state index contributed by atoms with van der Waals surface area (Å²) in [6.45, 7) is 4.10. The SMILES string of the molecule is CCc1cccc(CC)c1NC(=O)[C@H]1[C@@H](C(=O)[O-])[C@H]2C=C[C@@H]1C2. The molecule has 0 unspecified atom stereocenters. The van der Waals surface area contributed by atoms with Gasteiger partial charge in [0.15, 0.2) is 0 Å². The number of amides is 1. The quantitative estimate of drug-likeness (QED) is 0.845. The molecule has 0 radical (unpaired) electrons. The second-order valence-electron chi connectivity index (χ2n) is 6.47. The molecule has 1 aromatic rings. The van der Waals surface area contributed by atoms with E-state index in [9.17, 15) is 14.7 Å². The van der Waals surface area contributed by atoms with Gasteiger partial charge in [-0.2, -0.15) is 0 Å². The summed E-state index contributed by atoms with van der Waals surface area (Å²) in [6, 6.07) is 6.01. The van der Waals surface area contributed by atoms with Crippen LogP contribution in [0.2, 0.25) is 0 Å². The normalized spacial score (nSPS) is 28.1. The van der Waals surface area contributed by atoms with E-state index in [4.69, 9.17) is 0 Å². The zero-order valence-corrected chi connectivity index (χ0v) is 13.5. The van der Waals surface area contributed by atoms with Crippen LogP contribution in [0.25, 0.3) is 0 Å². The van der Waals surface area contributed by atoms with Crippen LogP contribution >= 0.6 is 0 Å². The predicted octanol–water partition coefficient (Wildman–Crippen LogP) is 1.94. The van der Waals surface area contributed by atoms with Crippen LogP contribution in [0.15, 0.2) is 30.4 Å². The minimum atomic E-state index is -1.11. The summed E-state index contributed by atoms with van der Waals surface area (Å²) >= 11 is 0. The molecular formula is C19H22NO3-. The molecule has 1 amide bonds. The van der Waals surface area contributed by atoms with Gasteiger partial charge < -0.3 is 15.2 Å². The molecule has 0 aromatic heterocycles. The fraction of sp³-hybridized carbons (Fsp3) is 0.474. The molecule has 0 saturated heterocycles. The number of aryl methyl sites for hydroxylation is 2. The van der Waals surface area contributed by atoms with E-state index in [0.29, 0.717) is 0 Å². The fourth-order valence-corrected chi connectivity index (χ4v) is 4.11. The Bertz CT molecular complexity index is 642. The summed E-state index contributed by atoms with van der Waals surface area (Å²) in [4.78, 5) is 24.3. The van der Waals surface area contributed by atoms with Crippen molar-refractivity contribution in [2.24, 2.45) is 23.7 Å². The number of carboxylic acids is 1. The first-order chi connectivity index (χ1) is 11.1. The Morgan fingerprint density at radius 3 is 2.17 bits per heavy atom. The van der Waals surface area contributed by atoms with Gasteiger partial charge in [0, 0.05) is 17.6 Å². The van der Waals surface area contributed by atoms with E-state index in [0.717, 1.165) is 36.1 Å². The van der Waals surface area contributed by atoms with Crippen LogP contribution in [-0.4, -0.2) is 11.9 Å². The van der Waals surface area contributed by atoms with Crippen molar-refractivity contribution in [3.05, 3.63) is 41.5 Å². The maximum Gasteiger partial charge on any atom is 0.228 e. The highest BCUT2D eigenvalue weighted by molar-refractivity contribution is 5.97. The molecule has 0 heterocycles. The molecule has 2 bridgehead atoms. The maximum atomic E-state index is 12.8. The van der Waals surface area contributed by atoms with Crippen molar-refractivity contribution in [2.75, 3.05) is 5.32 Å². The number of rotatable bonds is 5. The van der Waals surface area contributed by atoms with Gasteiger partial charge in [0.05, 0.1) is 5.92 Å². The molecule has 1 fully saturated rings. The Balaban J connectivity index is 1.88. The predicted molar refractivity (Wildman–Crippen MR) is 86.6 cm³/mol. The van der Waals surface area contributed by atoms with E-state index in [1.54, 1.807) is 0 Å². The first-order valence-electron chi connectivity index (χ1n) is 8.37. The van der Waals surface area contributed by atoms with E-state index in [1.807, 2.05) is 30.4 Å². The number of benzene rings is 1. The van der Waals surface area contributed by atoms with Crippen molar-refractivity contribution in [1.82, 2.24) is 0 Å². The number of aliphatic carboxylic acids is 1. The summed E-state index contributed by atoms with van der Waals surface area (Å²) in [5.41, 5.74) is 3.02. The zero-order valence-electron chi connectivity index (χ0n) is 13.5. The van der Waals surface area contributed by atoms with E-state index in [2.05, 4.69) is 19.2 Å². The van der Waals surface area contributed by atoms with E-state index < -0.39 is 17.8 Å². The molecule has 1 saturated carbocycles. The molecule has 4 nitrogen and oxygen atoms in total. The monoisotopic (exact) mass is 312 g/mol. The third-order valence-electron chi connectivity index (χ3n) is 5.28. The highest BCUT2D eigenvalue weighted by Gasteiger charge is 2.48. The van der Waals surface area contributed by atoms with Gasteiger partial charge in [0.1, 0.15) is 0 Å². The molecule has 2 aliphatic rings. The van der Waals surface area contributed by atoms with Gasteiger partial charge in [-0.3, -0.25) is 4.79 Å². The van der Waals surface area contributed by atoms with Crippen LogP contribution in [0, 0.1) is 23.7 Å². The second-order valence-corrected chi connectivity index (χ2v) is 6.47. The van der Waals surface area contributed by atoms with Gasteiger partial charge in [-0.25, -0.2) is 0 Å². The average molecular weight is 312 g/mol. The lowest BCUT2D eigenvalue weighted by molar-refractivity contribution is -0.313. The molecule has 1 aromatic carbocycles. The fourth-order valence-electron chi connectivity index (χ4n) is 4.11. The van der Waals surface area contributed by atoms with Crippen molar-refractivity contribution in [3.63, 3.8) is 0 Å². The Kier molecular flexibility index (Phi) is 4.24. The number of carboxylic acid groups (broad SMARTS) is 1. The van der Waals surface area contributed by atoms with Crippen LogP contribution in [0.4, 0.5) is 5.69 Å². The summed E-state index contributed by atoms with van der Waals surface area (Å²) in [5, 5.41) is 14.5. The van der Waals surface area contributed by atoms with Gasteiger partial charge in [-0.1, -0.05) is 44.2 Å². The second kappa shape index (κ2) is 6.19. The van der Waals surface area contributed by atoms with Gasteiger partial charge in [-0.15, -0.1) is 0 Å². The number of para-hydroxylation sites is 1. The minimum absolute atomic E-state index is 0.0155. The van der Waals surface area contributed by atoms with Crippen molar-refractivity contribution in [3.8, 4) is 0 Å². The van der Waals surface area contributed by atoms with Crippen molar-refractivity contribution in [1.29, 1.82) is 0 Å². The zero-order chi connectivity index (χ0) is 16.6. The standard InChI is InChI=1S/C19H23NO3/c1-3-11-6-5-7-12(4-2)17(11)20-18(21)15-13-8-9-14(10-13)16(15)19(22)23/h5-9,13-16H,3-4,10H2,1-2H3,(H,20,21)(H,22,23)/p-1/t13-,14+,15-,16+/m1/s1. The summed E-state index contributed by atoms with van der Waals surface area (Å²) < 4.78 is 0. The average Bonchev–Trinajstić information content (AvgIpc) is 3.15. The van der Waals surface area contributed by atoms with Crippen LogP contribution in [0.5, 0.6) is 0 Å². The number of carbonyl (C=O) groups is 2. The molecule has 1 N–H and O–H groups in total. The van der Waals surface area contributed by atoms with Crippen molar-refractivity contribution < 1.29 is 14.7 Å². The Morgan fingerprint density at radius 2 is 1.65 bits per heavy atom. The molecule has 122 valence electrons. The third-order valence-corrected chi connectivity index (χ3v) is 5.28. The van der Waals surface area contributed by atoms with Crippen LogP contribution in [0.3, 0.4) is 0 Å². The highest BCUT2D eigenvalue weighted by Crippen LogP contribution is 2.48. The first kappa shape index (κ1) is 15.8. The first-order valence-corrected chi connectivity index (χ1v) is 8.37. The number of anilines is 1. The lowest BCUT2D eigenvalue weighted by Gasteiger charge is -2.28. The van der Waals surface area contributed by atoms with Crippen molar-refractivity contribution >= 4 is 17.6 Å². The Hall–Kier alpha value is -2.10. The van der Waals surface area contributed by atoms with E-state index >= 15 is 0 Å². The van der Waals surface area contributed by atoms with Crippen LogP contribution < -0.4 is 10.4 Å². The molecular weight excluding hydrogens is 290 g/mol. The van der Waals surface area contributed by atoms with Gasteiger partial charge in [-0.05, 0) is 42.2 Å². The number of nitrogens with one attached hydrogen (secondary N) is 1. The lowest BCUT2D eigenvalue weighted by atomic mass is 9.82. The summed E-state index contributed by atoms with van der Waals surface area (Å²) in [6.07, 6.45) is 6.30. The van der Waals surface area contributed by atoms with Gasteiger partial charge in [0.25, 0.3) is 0 Å². The van der Waals surface area contributed by atoms with E-state index in [1.165, 1.54) is 0 Å². The van der Waals surface area contributed by atoms with E-state index in [-0.39, 0.29) is 17.7 Å². The lowest BCUT2D eigenvalue weighted by Crippen LogP contribution is -2.43. The van der Waals surface area contributed by atoms with Crippen molar-refractivity contribution in [2.45, 2.75) is 33.1 Å². The minimum Gasteiger partial charge on any atom is -0.550 e. The van der Waals surface area contributed by atoms with Crippen LogP contribution in [0.1, 0.15) is 31.4 Å².